The minimum Gasteiger partial charge on any atom is -0.355 e. The van der Waals surface area contributed by atoms with Gasteiger partial charge in [-0.05, 0) is 70.9 Å². The van der Waals surface area contributed by atoms with E-state index in [1.807, 2.05) is 13.8 Å². The van der Waals surface area contributed by atoms with Crippen LogP contribution in [-0.2, 0) is 9.59 Å². The number of carbonyl (C=O) groups excluding carboxylic acids is 2. The highest BCUT2D eigenvalue weighted by atomic mass is 16.2. The lowest BCUT2D eigenvalue weighted by Gasteiger charge is -2.27. The van der Waals surface area contributed by atoms with Crippen LogP contribution in [0.4, 0.5) is 0 Å². The Kier molecular flexibility index (Phi) is 6.66. The predicted molar refractivity (Wildman–Crippen MR) is 85.5 cm³/mol. The number of carbonyl (C=O) groups is 2. The van der Waals surface area contributed by atoms with Crippen LogP contribution >= 0.6 is 0 Å². The van der Waals surface area contributed by atoms with E-state index in [9.17, 15) is 9.59 Å². The van der Waals surface area contributed by atoms with Crippen LogP contribution in [0.3, 0.4) is 0 Å². The van der Waals surface area contributed by atoms with Crippen LogP contribution in [0.5, 0.6) is 0 Å². The average Bonchev–Trinajstić information content (AvgIpc) is 2.37. The Morgan fingerprint density at radius 3 is 2.05 bits per heavy atom. The second-order valence-corrected chi connectivity index (χ2v) is 6.37. The van der Waals surface area contributed by atoms with E-state index in [4.69, 9.17) is 0 Å². The minimum absolute atomic E-state index is 0.0326. The van der Waals surface area contributed by atoms with Gasteiger partial charge in [-0.25, -0.2) is 0 Å². The third kappa shape index (κ3) is 6.15. The van der Waals surface area contributed by atoms with Gasteiger partial charge >= 0.3 is 0 Å². The van der Waals surface area contributed by atoms with Crippen molar-refractivity contribution >= 4 is 11.7 Å². The summed E-state index contributed by atoms with van der Waals surface area (Å²) in [6, 6.07) is 0.266. The molecular weight excluding hydrogens is 264 g/mol. The topological polar surface area (TPSA) is 58.2 Å². The van der Waals surface area contributed by atoms with E-state index in [1.165, 1.54) is 25.8 Å². The molecule has 0 heterocycles. The quantitative estimate of drug-likeness (QED) is 0.766. The first-order valence-electron chi connectivity index (χ1n) is 7.73. The number of rotatable bonds is 5. The van der Waals surface area contributed by atoms with E-state index >= 15 is 0 Å². The number of hydrogen-bond acceptors (Lipinski definition) is 3. The summed E-state index contributed by atoms with van der Waals surface area (Å²) in [4.78, 5) is 23.5. The van der Waals surface area contributed by atoms with Gasteiger partial charge in [0.2, 0.25) is 0 Å². The fourth-order valence-corrected chi connectivity index (χ4v) is 2.61. The largest absolute Gasteiger partial charge is 0.355 e. The van der Waals surface area contributed by atoms with Gasteiger partial charge in [0.1, 0.15) is 5.70 Å². The van der Waals surface area contributed by atoms with Crippen molar-refractivity contribution in [3.8, 4) is 0 Å². The summed E-state index contributed by atoms with van der Waals surface area (Å²) in [5.74, 6) is 0.653. The predicted octanol–water partition coefficient (Wildman–Crippen LogP) is 3.06. The Hall–Kier alpha value is -1.58. The molecule has 0 aromatic rings. The maximum absolute atomic E-state index is 12.4. The Balaban J connectivity index is 2.67. The van der Waals surface area contributed by atoms with Crippen LogP contribution in [0.2, 0.25) is 0 Å². The first-order chi connectivity index (χ1) is 9.79. The molecule has 0 aromatic carbocycles. The summed E-state index contributed by atoms with van der Waals surface area (Å²) in [6.45, 7) is 9.34. The van der Waals surface area contributed by atoms with Gasteiger partial charge in [-0.3, -0.25) is 9.59 Å². The maximum Gasteiger partial charge on any atom is 0.267 e. The zero-order chi connectivity index (χ0) is 16.0. The lowest BCUT2D eigenvalue weighted by Crippen LogP contribution is -2.41. The van der Waals surface area contributed by atoms with Gasteiger partial charge in [0.25, 0.3) is 5.91 Å². The first-order valence-corrected chi connectivity index (χ1v) is 7.73. The number of amides is 1. The maximum atomic E-state index is 12.4. The summed E-state index contributed by atoms with van der Waals surface area (Å²) in [6.07, 6.45) is 5.94. The van der Waals surface area contributed by atoms with Crippen molar-refractivity contribution in [2.75, 3.05) is 0 Å². The molecule has 118 valence electrons. The van der Waals surface area contributed by atoms with Crippen molar-refractivity contribution in [3.63, 3.8) is 0 Å². The molecule has 4 nitrogen and oxygen atoms in total. The molecular formula is C17H28N2O2. The van der Waals surface area contributed by atoms with Crippen molar-refractivity contribution < 1.29 is 9.59 Å². The summed E-state index contributed by atoms with van der Waals surface area (Å²) in [5, 5.41) is 6.16. The van der Waals surface area contributed by atoms with Gasteiger partial charge < -0.3 is 10.6 Å². The van der Waals surface area contributed by atoms with Gasteiger partial charge in [-0.2, -0.15) is 0 Å². The van der Waals surface area contributed by atoms with Crippen molar-refractivity contribution in [1.82, 2.24) is 10.6 Å². The van der Waals surface area contributed by atoms with Crippen LogP contribution in [0.15, 0.2) is 23.0 Å². The molecule has 1 fully saturated rings. The molecule has 0 radical (unpaired) electrons. The van der Waals surface area contributed by atoms with E-state index < -0.39 is 0 Å². The number of nitrogens with one attached hydrogen (secondary N) is 2. The number of ketones is 1. The molecule has 21 heavy (non-hydrogen) atoms. The highest BCUT2D eigenvalue weighted by molar-refractivity contribution is 5.94. The van der Waals surface area contributed by atoms with Gasteiger partial charge in [-0.15, -0.1) is 0 Å². The molecule has 1 rings (SSSR count). The molecule has 0 saturated heterocycles. The molecule has 0 aliphatic heterocycles. The van der Waals surface area contributed by atoms with Gasteiger partial charge in [0, 0.05) is 11.7 Å². The Morgan fingerprint density at radius 1 is 1.00 bits per heavy atom. The second kappa shape index (κ2) is 8.01. The smallest absolute Gasteiger partial charge is 0.267 e. The zero-order valence-electron chi connectivity index (χ0n) is 13.9. The number of allylic oxidation sites excluding steroid dienone is 3. The van der Waals surface area contributed by atoms with Gasteiger partial charge in [0.15, 0.2) is 5.78 Å². The highest BCUT2D eigenvalue weighted by Crippen LogP contribution is 2.23. The van der Waals surface area contributed by atoms with E-state index in [2.05, 4.69) is 17.6 Å². The summed E-state index contributed by atoms with van der Waals surface area (Å²) < 4.78 is 0. The van der Waals surface area contributed by atoms with E-state index in [1.54, 1.807) is 6.92 Å². The highest BCUT2D eigenvalue weighted by Gasteiger charge is 2.21. The molecule has 4 heteroatoms. The molecule has 0 aromatic heterocycles. The van der Waals surface area contributed by atoms with Crippen LogP contribution in [0, 0.1) is 5.92 Å². The molecule has 0 unspecified atom stereocenters. The minimum atomic E-state index is -0.0779. The third-order valence-corrected chi connectivity index (χ3v) is 3.82. The Morgan fingerprint density at radius 2 is 1.57 bits per heavy atom. The Bertz CT molecular complexity index is 451. The molecule has 1 aliphatic carbocycles. The SMILES string of the molecule is CC(=O)/C=C(\C)NC(C(=O)NC1CCC(C)CC1)=C(C)C. The molecule has 0 bridgehead atoms. The van der Waals surface area contributed by atoms with Crippen LogP contribution < -0.4 is 10.6 Å². The molecule has 1 saturated carbocycles. The van der Waals surface area contributed by atoms with Crippen molar-refractivity contribution in [1.29, 1.82) is 0 Å². The summed E-state index contributed by atoms with van der Waals surface area (Å²) >= 11 is 0. The fraction of sp³-hybridized carbons (Fsp3) is 0.647. The van der Waals surface area contributed by atoms with Crippen LogP contribution in [0.25, 0.3) is 0 Å². The number of hydrogen-bond donors (Lipinski definition) is 2. The molecule has 1 amide bonds. The third-order valence-electron chi connectivity index (χ3n) is 3.82. The van der Waals surface area contributed by atoms with Gasteiger partial charge in [-0.1, -0.05) is 6.92 Å². The van der Waals surface area contributed by atoms with E-state index in [0.717, 1.165) is 24.3 Å². The summed E-state index contributed by atoms with van der Waals surface area (Å²) in [7, 11) is 0. The van der Waals surface area contributed by atoms with Gasteiger partial charge in [0.05, 0.1) is 0 Å². The molecule has 0 spiro atoms. The van der Waals surface area contributed by atoms with Crippen molar-refractivity contribution in [2.45, 2.75) is 66.3 Å². The monoisotopic (exact) mass is 292 g/mol. The van der Waals surface area contributed by atoms with Crippen molar-refractivity contribution in [3.05, 3.63) is 23.0 Å². The van der Waals surface area contributed by atoms with Crippen LogP contribution in [0.1, 0.15) is 60.3 Å². The van der Waals surface area contributed by atoms with Crippen molar-refractivity contribution in [2.24, 2.45) is 5.92 Å². The average molecular weight is 292 g/mol. The summed E-state index contributed by atoms with van der Waals surface area (Å²) in [5.41, 5.74) is 2.14. The van der Waals surface area contributed by atoms with E-state index in [0.29, 0.717) is 11.4 Å². The lowest BCUT2D eigenvalue weighted by atomic mass is 9.87. The van der Waals surface area contributed by atoms with Crippen LogP contribution in [-0.4, -0.2) is 17.7 Å². The normalized spacial score (nSPS) is 22.4. The second-order valence-electron chi connectivity index (χ2n) is 6.37. The first kappa shape index (κ1) is 17.5. The standard InChI is InChI=1S/C17H28N2O2/c1-11(2)16(18-13(4)10-14(5)20)17(21)19-15-8-6-12(3)7-9-15/h10,12,15,18H,6-9H2,1-5H3,(H,19,21)/b13-10+. The molecule has 0 atom stereocenters. The van der Waals surface area contributed by atoms with E-state index in [-0.39, 0.29) is 17.7 Å². The fourth-order valence-electron chi connectivity index (χ4n) is 2.61. The Labute approximate surface area is 128 Å². The zero-order valence-corrected chi connectivity index (χ0v) is 13.9. The molecule has 1 aliphatic rings. The molecule has 2 N–H and O–H groups in total. The lowest BCUT2D eigenvalue weighted by molar-refractivity contribution is -0.119.